The topological polar surface area (TPSA) is 67.2 Å². The zero-order valence-electron chi connectivity index (χ0n) is 15.9. The van der Waals surface area contributed by atoms with E-state index in [4.69, 9.17) is 0 Å². The number of hydrogen-bond acceptors (Lipinski definition) is 4. The van der Waals surface area contributed by atoms with Crippen molar-refractivity contribution in [1.29, 1.82) is 0 Å². The van der Waals surface area contributed by atoms with Crippen LogP contribution in [0, 0.1) is 5.82 Å². The van der Waals surface area contributed by atoms with Crippen molar-refractivity contribution in [3.63, 3.8) is 0 Å². The second-order valence-electron chi connectivity index (χ2n) is 6.65. The van der Waals surface area contributed by atoms with Gasteiger partial charge in [0, 0.05) is 30.5 Å². The molecule has 2 aromatic carbocycles. The Morgan fingerprint density at radius 3 is 2.50 bits per heavy atom. The molecule has 28 heavy (non-hydrogen) atoms. The van der Waals surface area contributed by atoms with Gasteiger partial charge >= 0.3 is 0 Å². The number of nitrogens with zero attached hydrogens (tertiary/aromatic N) is 3. The van der Waals surface area contributed by atoms with Crippen molar-refractivity contribution in [3.8, 4) is 5.69 Å². The van der Waals surface area contributed by atoms with E-state index in [2.05, 4.69) is 29.2 Å². The highest BCUT2D eigenvalue weighted by atomic mass is 19.1. The van der Waals surface area contributed by atoms with Crippen LogP contribution in [-0.2, 0) is 0 Å². The Kier molecular flexibility index (Phi) is 5.54. The summed E-state index contributed by atoms with van der Waals surface area (Å²) in [6.07, 6.45) is 0. The van der Waals surface area contributed by atoms with Crippen LogP contribution in [0.25, 0.3) is 5.69 Å². The molecule has 1 N–H and O–H groups in total. The third-order valence-corrected chi connectivity index (χ3v) is 4.39. The smallest absolute Gasteiger partial charge is 0.276 e. The number of benzene rings is 2. The van der Waals surface area contributed by atoms with Crippen LogP contribution in [0.2, 0.25) is 0 Å². The molecule has 3 rings (SSSR count). The van der Waals surface area contributed by atoms with Crippen LogP contribution in [0.15, 0.2) is 65.5 Å². The SMILES string of the molecule is CC(C)N(C)c1cccc(NC(=O)c2ccc(=O)n(-c3ccc(F)cc3)n2)c1. The van der Waals surface area contributed by atoms with Crippen LogP contribution >= 0.6 is 0 Å². The first kappa shape index (κ1) is 19.3. The van der Waals surface area contributed by atoms with Gasteiger partial charge in [0.25, 0.3) is 11.5 Å². The molecule has 1 heterocycles. The maximum Gasteiger partial charge on any atom is 0.276 e. The summed E-state index contributed by atoms with van der Waals surface area (Å²) in [7, 11) is 1.98. The molecule has 6 nitrogen and oxygen atoms in total. The number of aromatic nitrogens is 2. The molecule has 0 aliphatic heterocycles. The van der Waals surface area contributed by atoms with E-state index in [1.54, 1.807) is 6.07 Å². The number of hydrogen-bond donors (Lipinski definition) is 1. The van der Waals surface area contributed by atoms with Gasteiger partial charge in [-0.25, -0.2) is 4.39 Å². The summed E-state index contributed by atoms with van der Waals surface area (Å²) in [5.41, 5.74) is 1.63. The van der Waals surface area contributed by atoms with E-state index in [-0.39, 0.29) is 5.69 Å². The van der Waals surface area contributed by atoms with Gasteiger partial charge in [-0.15, -0.1) is 0 Å². The number of halogens is 1. The van der Waals surface area contributed by atoms with Crippen molar-refractivity contribution in [2.75, 3.05) is 17.3 Å². The van der Waals surface area contributed by atoms with Gasteiger partial charge in [0.1, 0.15) is 11.5 Å². The van der Waals surface area contributed by atoms with Gasteiger partial charge in [0.05, 0.1) is 5.69 Å². The van der Waals surface area contributed by atoms with E-state index in [1.165, 1.54) is 36.4 Å². The Labute approximate surface area is 162 Å². The summed E-state index contributed by atoms with van der Waals surface area (Å²) in [5.74, 6) is -0.864. The predicted molar refractivity (Wildman–Crippen MR) is 108 cm³/mol. The van der Waals surface area contributed by atoms with Crippen molar-refractivity contribution in [2.24, 2.45) is 0 Å². The normalized spacial score (nSPS) is 10.8. The lowest BCUT2D eigenvalue weighted by atomic mass is 10.2. The third-order valence-electron chi connectivity index (χ3n) is 4.39. The van der Waals surface area contributed by atoms with Crippen LogP contribution in [0.4, 0.5) is 15.8 Å². The summed E-state index contributed by atoms with van der Waals surface area (Å²) >= 11 is 0. The number of carbonyl (C=O) groups is 1. The molecule has 0 saturated heterocycles. The van der Waals surface area contributed by atoms with E-state index in [0.717, 1.165) is 10.4 Å². The molecule has 1 aromatic heterocycles. The maximum absolute atomic E-state index is 13.1. The minimum Gasteiger partial charge on any atom is -0.372 e. The Bertz CT molecular complexity index is 1040. The second kappa shape index (κ2) is 8.04. The minimum atomic E-state index is -0.444. The highest BCUT2D eigenvalue weighted by Gasteiger charge is 2.12. The first-order chi connectivity index (χ1) is 13.3. The van der Waals surface area contributed by atoms with Crippen molar-refractivity contribution in [3.05, 3.63) is 82.5 Å². The average Bonchev–Trinajstić information content (AvgIpc) is 2.68. The fraction of sp³-hybridized carbons (Fsp3) is 0.190. The number of amides is 1. The Morgan fingerprint density at radius 1 is 1.11 bits per heavy atom. The van der Waals surface area contributed by atoms with Gasteiger partial charge in [-0.1, -0.05) is 6.07 Å². The molecule has 0 bridgehead atoms. The molecule has 0 fully saturated rings. The highest BCUT2D eigenvalue weighted by molar-refractivity contribution is 6.03. The maximum atomic E-state index is 13.1. The summed E-state index contributed by atoms with van der Waals surface area (Å²) in [4.78, 5) is 26.8. The van der Waals surface area contributed by atoms with Crippen molar-refractivity contribution in [1.82, 2.24) is 9.78 Å². The monoisotopic (exact) mass is 380 g/mol. The molecule has 0 spiro atoms. The Morgan fingerprint density at radius 2 is 1.82 bits per heavy atom. The second-order valence-corrected chi connectivity index (χ2v) is 6.65. The average molecular weight is 380 g/mol. The molecular weight excluding hydrogens is 359 g/mol. The fourth-order valence-electron chi connectivity index (χ4n) is 2.60. The summed E-state index contributed by atoms with van der Waals surface area (Å²) < 4.78 is 14.2. The lowest BCUT2D eigenvalue weighted by Gasteiger charge is -2.24. The van der Waals surface area contributed by atoms with Crippen molar-refractivity contribution < 1.29 is 9.18 Å². The van der Waals surface area contributed by atoms with Crippen LogP contribution in [0.3, 0.4) is 0 Å². The first-order valence-electron chi connectivity index (χ1n) is 8.86. The zero-order chi connectivity index (χ0) is 20.3. The van der Waals surface area contributed by atoms with Gasteiger partial charge in [-0.2, -0.15) is 9.78 Å². The number of anilines is 2. The van der Waals surface area contributed by atoms with Gasteiger partial charge in [-0.3, -0.25) is 9.59 Å². The molecule has 0 saturated carbocycles. The fourth-order valence-corrected chi connectivity index (χ4v) is 2.60. The number of rotatable bonds is 5. The molecule has 3 aromatic rings. The predicted octanol–water partition coefficient (Wildman–Crippen LogP) is 3.47. The Balaban J connectivity index is 1.86. The Hall–Kier alpha value is -3.48. The van der Waals surface area contributed by atoms with E-state index in [0.29, 0.717) is 17.4 Å². The molecule has 0 atom stereocenters. The van der Waals surface area contributed by atoms with Crippen LogP contribution in [0.5, 0.6) is 0 Å². The lowest BCUT2D eigenvalue weighted by Crippen LogP contribution is -2.26. The standard InChI is InChI=1S/C21H21FN4O2/c1-14(2)25(3)18-6-4-5-16(13-18)23-21(28)19-11-12-20(27)26(24-19)17-9-7-15(22)8-10-17/h4-14H,1-3H3,(H,23,28). The van der Waals surface area contributed by atoms with Crippen molar-refractivity contribution >= 4 is 17.3 Å². The zero-order valence-corrected chi connectivity index (χ0v) is 15.9. The number of nitrogens with one attached hydrogen (secondary N) is 1. The van der Waals surface area contributed by atoms with Crippen LogP contribution in [0.1, 0.15) is 24.3 Å². The van der Waals surface area contributed by atoms with E-state index in [1.807, 2.05) is 25.2 Å². The van der Waals surface area contributed by atoms with E-state index < -0.39 is 17.3 Å². The van der Waals surface area contributed by atoms with Crippen LogP contribution < -0.4 is 15.8 Å². The quantitative estimate of drug-likeness (QED) is 0.736. The van der Waals surface area contributed by atoms with Crippen molar-refractivity contribution in [2.45, 2.75) is 19.9 Å². The largest absolute Gasteiger partial charge is 0.372 e. The summed E-state index contributed by atoms with van der Waals surface area (Å²) in [6, 6.07) is 15.7. The van der Waals surface area contributed by atoms with E-state index >= 15 is 0 Å². The molecule has 0 aliphatic rings. The summed E-state index contributed by atoms with van der Waals surface area (Å²) in [5, 5.41) is 6.91. The first-order valence-corrected chi connectivity index (χ1v) is 8.86. The van der Waals surface area contributed by atoms with Gasteiger partial charge in [0.15, 0.2) is 0 Å². The molecule has 0 radical (unpaired) electrons. The lowest BCUT2D eigenvalue weighted by molar-refractivity contribution is 0.102. The number of carbonyl (C=O) groups excluding carboxylic acids is 1. The third kappa shape index (κ3) is 4.25. The molecule has 7 heteroatoms. The molecule has 0 unspecified atom stereocenters. The van der Waals surface area contributed by atoms with Gasteiger partial charge in [0.2, 0.25) is 0 Å². The minimum absolute atomic E-state index is 0.0755. The van der Waals surface area contributed by atoms with Crippen LogP contribution in [-0.4, -0.2) is 28.8 Å². The van der Waals surface area contributed by atoms with Gasteiger partial charge < -0.3 is 10.2 Å². The highest BCUT2D eigenvalue weighted by Crippen LogP contribution is 2.20. The van der Waals surface area contributed by atoms with Gasteiger partial charge in [-0.05, 0) is 62.4 Å². The van der Waals surface area contributed by atoms with E-state index in [9.17, 15) is 14.0 Å². The molecular formula is C21H21FN4O2. The molecule has 144 valence electrons. The molecule has 1 amide bonds. The summed E-state index contributed by atoms with van der Waals surface area (Å²) in [6.45, 7) is 4.15. The molecule has 0 aliphatic carbocycles.